The van der Waals surface area contributed by atoms with Gasteiger partial charge in [0.15, 0.2) is 0 Å². The van der Waals surface area contributed by atoms with Crippen LogP contribution in [0.5, 0.6) is 0 Å². The number of H-pyrrole nitrogens is 1. The van der Waals surface area contributed by atoms with E-state index in [4.69, 9.17) is 0 Å². The van der Waals surface area contributed by atoms with Crippen molar-refractivity contribution in [1.29, 1.82) is 0 Å². The van der Waals surface area contributed by atoms with Crippen LogP contribution in [0.15, 0.2) is 35.4 Å². The molecule has 3 rings (SSSR count). The predicted octanol–water partition coefficient (Wildman–Crippen LogP) is 2.81. The van der Waals surface area contributed by atoms with Crippen molar-refractivity contribution >= 4 is 17.2 Å². The highest BCUT2D eigenvalue weighted by Crippen LogP contribution is 2.15. The van der Waals surface area contributed by atoms with Gasteiger partial charge in [-0.1, -0.05) is 6.92 Å². The summed E-state index contributed by atoms with van der Waals surface area (Å²) in [6.45, 7) is 4.81. The first-order valence-corrected chi connectivity index (χ1v) is 8.67. The molecule has 124 valence electrons. The molecule has 3 aromatic heterocycles. The third kappa shape index (κ3) is 4.05. The number of aromatic nitrogens is 4. The highest BCUT2D eigenvalue weighted by atomic mass is 32.1. The molecule has 0 aliphatic carbocycles. The number of hydrogen-bond acceptors (Lipinski definition) is 6. The van der Waals surface area contributed by atoms with Crippen molar-refractivity contribution in [3.05, 3.63) is 56.5 Å². The lowest BCUT2D eigenvalue weighted by Gasteiger charge is -2.06. The summed E-state index contributed by atoms with van der Waals surface area (Å²) in [5.41, 5.74) is 1.43. The molecule has 0 amide bonds. The minimum absolute atomic E-state index is 0.141. The van der Waals surface area contributed by atoms with E-state index in [9.17, 15) is 4.79 Å². The number of aromatic amines is 1. The van der Waals surface area contributed by atoms with Gasteiger partial charge in [-0.2, -0.15) is 0 Å². The molecule has 0 saturated carbocycles. The van der Waals surface area contributed by atoms with Crippen LogP contribution in [0.25, 0.3) is 11.4 Å². The van der Waals surface area contributed by atoms with Gasteiger partial charge in [0.1, 0.15) is 11.6 Å². The van der Waals surface area contributed by atoms with Crippen molar-refractivity contribution in [3.8, 4) is 11.4 Å². The number of thiazole rings is 1. The highest BCUT2D eigenvalue weighted by molar-refractivity contribution is 7.11. The fourth-order valence-corrected chi connectivity index (χ4v) is 3.07. The summed E-state index contributed by atoms with van der Waals surface area (Å²) in [7, 11) is 0. The van der Waals surface area contributed by atoms with Gasteiger partial charge in [-0.05, 0) is 25.5 Å². The van der Waals surface area contributed by atoms with E-state index in [1.807, 2.05) is 25.3 Å². The van der Waals surface area contributed by atoms with Crippen molar-refractivity contribution < 1.29 is 0 Å². The highest BCUT2D eigenvalue weighted by Gasteiger charge is 2.05. The number of hydrogen-bond donors (Lipinski definition) is 2. The van der Waals surface area contributed by atoms with Crippen LogP contribution < -0.4 is 10.9 Å². The number of aryl methyl sites for hydroxylation is 2. The third-order valence-electron chi connectivity index (χ3n) is 3.51. The maximum absolute atomic E-state index is 11.7. The van der Waals surface area contributed by atoms with Gasteiger partial charge in [-0.15, -0.1) is 11.3 Å². The summed E-state index contributed by atoms with van der Waals surface area (Å²) < 4.78 is 0. The Hall–Kier alpha value is -2.54. The zero-order valence-electron chi connectivity index (χ0n) is 13.7. The predicted molar refractivity (Wildman–Crippen MR) is 96.5 cm³/mol. The molecule has 0 saturated heterocycles. The van der Waals surface area contributed by atoms with Crippen molar-refractivity contribution in [1.82, 2.24) is 19.9 Å². The van der Waals surface area contributed by atoms with E-state index in [2.05, 4.69) is 32.2 Å². The zero-order valence-corrected chi connectivity index (χ0v) is 14.5. The number of nitrogens with one attached hydrogen (secondary N) is 2. The Kier molecular flexibility index (Phi) is 5.00. The molecular weight excluding hydrogens is 322 g/mol. The van der Waals surface area contributed by atoms with Gasteiger partial charge >= 0.3 is 0 Å². The van der Waals surface area contributed by atoms with E-state index in [0.717, 1.165) is 41.5 Å². The molecule has 0 radical (unpaired) electrons. The molecule has 6 nitrogen and oxygen atoms in total. The molecule has 2 N–H and O–H groups in total. The molecule has 24 heavy (non-hydrogen) atoms. The molecule has 0 fully saturated rings. The minimum atomic E-state index is -0.141. The van der Waals surface area contributed by atoms with Crippen LogP contribution in [0.2, 0.25) is 0 Å². The molecule has 0 spiro atoms. The smallest absolute Gasteiger partial charge is 0.251 e. The second-order valence-corrected chi connectivity index (χ2v) is 6.73. The van der Waals surface area contributed by atoms with Crippen LogP contribution in [-0.2, 0) is 12.8 Å². The van der Waals surface area contributed by atoms with Gasteiger partial charge in [-0.25, -0.2) is 15.0 Å². The van der Waals surface area contributed by atoms with E-state index in [1.54, 1.807) is 17.5 Å². The van der Waals surface area contributed by atoms with Crippen molar-refractivity contribution in [2.24, 2.45) is 0 Å². The summed E-state index contributed by atoms with van der Waals surface area (Å²) in [6.07, 6.45) is 5.20. The number of nitrogens with zero attached hydrogens (tertiary/aromatic N) is 3. The topological polar surface area (TPSA) is 83.6 Å². The van der Waals surface area contributed by atoms with E-state index < -0.39 is 0 Å². The Balaban J connectivity index is 1.65. The average molecular weight is 341 g/mol. The fraction of sp³-hybridized carbons (Fsp3) is 0.294. The van der Waals surface area contributed by atoms with Crippen LogP contribution in [0.3, 0.4) is 0 Å². The summed E-state index contributed by atoms with van der Waals surface area (Å²) in [5, 5.41) is 4.40. The quantitative estimate of drug-likeness (QED) is 0.720. The molecule has 3 heterocycles. The molecule has 3 aromatic rings. The molecule has 7 heteroatoms. The van der Waals surface area contributed by atoms with Gasteiger partial charge in [-0.3, -0.25) is 4.79 Å². The van der Waals surface area contributed by atoms with Crippen LogP contribution in [0, 0.1) is 6.92 Å². The van der Waals surface area contributed by atoms with E-state index in [-0.39, 0.29) is 5.56 Å². The van der Waals surface area contributed by atoms with E-state index in [0.29, 0.717) is 5.82 Å². The Morgan fingerprint density at radius 3 is 2.79 bits per heavy atom. The minimum Gasteiger partial charge on any atom is -0.370 e. The summed E-state index contributed by atoms with van der Waals surface area (Å²) in [5.74, 6) is 1.35. The van der Waals surface area contributed by atoms with Crippen molar-refractivity contribution in [3.63, 3.8) is 0 Å². The lowest BCUT2D eigenvalue weighted by Crippen LogP contribution is -2.10. The molecule has 0 aliphatic rings. The maximum Gasteiger partial charge on any atom is 0.251 e. The van der Waals surface area contributed by atoms with Crippen molar-refractivity contribution in [2.75, 3.05) is 11.9 Å². The van der Waals surface area contributed by atoms with Gasteiger partial charge < -0.3 is 10.3 Å². The van der Waals surface area contributed by atoms with Crippen LogP contribution in [0.1, 0.15) is 22.5 Å². The van der Waals surface area contributed by atoms with Crippen molar-refractivity contribution in [2.45, 2.75) is 26.7 Å². The Bertz CT molecular complexity index is 869. The van der Waals surface area contributed by atoms with Crippen LogP contribution in [-0.4, -0.2) is 26.5 Å². The number of rotatable bonds is 6. The first-order chi connectivity index (χ1) is 11.6. The van der Waals surface area contributed by atoms with Gasteiger partial charge in [0.25, 0.3) is 5.56 Å². The molecular formula is C17H19N5OS. The normalized spacial score (nSPS) is 10.8. The molecule has 0 unspecified atom stereocenters. The van der Waals surface area contributed by atoms with E-state index >= 15 is 0 Å². The monoisotopic (exact) mass is 341 g/mol. The van der Waals surface area contributed by atoms with Crippen LogP contribution >= 0.6 is 11.3 Å². The van der Waals surface area contributed by atoms with Gasteiger partial charge in [0, 0.05) is 47.6 Å². The first kappa shape index (κ1) is 16.3. The van der Waals surface area contributed by atoms with Gasteiger partial charge in [0.2, 0.25) is 0 Å². The number of anilines is 1. The van der Waals surface area contributed by atoms with E-state index in [1.165, 1.54) is 10.9 Å². The second-order valence-electron chi connectivity index (χ2n) is 5.41. The SMILES string of the molecule is CCc1cc(=O)[nH]c(-c2ccc(NCCc3ncc(C)s3)nc2)n1. The third-order valence-corrected chi connectivity index (χ3v) is 4.48. The molecule has 0 aliphatic heterocycles. The Morgan fingerprint density at radius 1 is 1.25 bits per heavy atom. The first-order valence-electron chi connectivity index (χ1n) is 7.86. The zero-order chi connectivity index (χ0) is 16.9. The second kappa shape index (κ2) is 7.35. The van der Waals surface area contributed by atoms with Crippen LogP contribution in [0.4, 0.5) is 5.82 Å². The molecule has 0 atom stereocenters. The Morgan fingerprint density at radius 2 is 2.12 bits per heavy atom. The standard InChI is InChI=1S/C17H19N5OS/c1-3-13-8-15(23)22-17(21-13)12-4-5-14(19-10-12)18-7-6-16-20-9-11(2)24-16/h4-5,8-10H,3,6-7H2,1-2H3,(H,18,19)(H,21,22,23). The summed E-state index contributed by atoms with van der Waals surface area (Å²) in [6, 6.07) is 5.31. The Labute approximate surface area is 144 Å². The summed E-state index contributed by atoms with van der Waals surface area (Å²) in [4.78, 5) is 28.8. The van der Waals surface area contributed by atoms with Gasteiger partial charge in [0.05, 0.1) is 5.01 Å². The molecule has 0 bridgehead atoms. The molecule has 0 aromatic carbocycles. The lowest BCUT2D eigenvalue weighted by atomic mass is 10.2. The lowest BCUT2D eigenvalue weighted by molar-refractivity contribution is 0.980. The fourth-order valence-electron chi connectivity index (χ4n) is 2.28. The average Bonchev–Trinajstić information content (AvgIpc) is 3.00. The number of pyridine rings is 1. The maximum atomic E-state index is 11.7. The summed E-state index contributed by atoms with van der Waals surface area (Å²) >= 11 is 1.71. The largest absolute Gasteiger partial charge is 0.370 e.